The molecule has 1 atom stereocenters. The molecule has 1 aliphatic carbocycles. The highest BCUT2D eigenvalue weighted by molar-refractivity contribution is 5.35. The van der Waals surface area contributed by atoms with Crippen LogP contribution in [0.5, 0.6) is 0 Å². The van der Waals surface area contributed by atoms with Gasteiger partial charge in [0.05, 0.1) is 25.2 Å². The van der Waals surface area contributed by atoms with E-state index in [1.54, 1.807) is 0 Å². The second-order valence-corrected chi connectivity index (χ2v) is 5.83. The van der Waals surface area contributed by atoms with Gasteiger partial charge in [0.2, 0.25) is 0 Å². The zero-order chi connectivity index (χ0) is 15.0. The molecule has 2 fully saturated rings. The standard InChI is InChI=1S/C16H17FN2O3/c17-12-4-2-11(3-5-12)16(6-1-7-16)15-18-14(22-19-15)13-10-20-8-9-21-13/h2-5,13H,1,6-10H2. The smallest absolute Gasteiger partial charge is 0.258 e. The van der Waals surface area contributed by atoms with Crippen molar-refractivity contribution in [3.05, 3.63) is 47.4 Å². The molecule has 116 valence electrons. The second kappa shape index (κ2) is 5.44. The normalized spacial score (nSPS) is 24.0. The van der Waals surface area contributed by atoms with Crippen LogP contribution in [0.3, 0.4) is 0 Å². The Morgan fingerprint density at radius 2 is 1.95 bits per heavy atom. The number of hydrogen-bond donors (Lipinski definition) is 0. The average molecular weight is 304 g/mol. The van der Waals surface area contributed by atoms with Crippen LogP contribution in [0.2, 0.25) is 0 Å². The highest BCUT2D eigenvalue weighted by atomic mass is 19.1. The summed E-state index contributed by atoms with van der Waals surface area (Å²) in [6.45, 7) is 1.56. The Kier molecular flexibility index (Phi) is 3.43. The summed E-state index contributed by atoms with van der Waals surface area (Å²) in [6, 6.07) is 6.58. The molecule has 0 radical (unpaired) electrons. The molecular weight excluding hydrogens is 287 g/mol. The van der Waals surface area contributed by atoms with Gasteiger partial charge in [-0.25, -0.2) is 4.39 Å². The first-order valence-electron chi connectivity index (χ1n) is 7.57. The lowest BCUT2D eigenvalue weighted by Gasteiger charge is -2.39. The molecule has 6 heteroatoms. The highest BCUT2D eigenvalue weighted by Crippen LogP contribution is 2.48. The number of ether oxygens (including phenoxy) is 2. The predicted octanol–water partition coefficient (Wildman–Crippen LogP) is 2.77. The van der Waals surface area contributed by atoms with Gasteiger partial charge in [0.15, 0.2) is 11.9 Å². The highest BCUT2D eigenvalue weighted by Gasteiger charge is 2.45. The number of rotatable bonds is 3. The number of aromatic nitrogens is 2. The maximum Gasteiger partial charge on any atom is 0.258 e. The summed E-state index contributed by atoms with van der Waals surface area (Å²) in [6.07, 6.45) is 2.70. The van der Waals surface area contributed by atoms with Crippen LogP contribution in [0, 0.1) is 5.82 Å². The van der Waals surface area contributed by atoms with Crippen molar-refractivity contribution < 1.29 is 18.4 Å². The Balaban J connectivity index is 1.64. The lowest BCUT2D eigenvalue weighted by molar-refractivity contribution is -0.101. The Morgan fingerprint density at radius 1 is 1.14 bits per heavy atom. The second-order valence-electron chi connectivity index (χ2n) is 5.83. The minimum atomic E-state index is -0.291. The van der Waals surface area contributed by atoms with Crippen LogP contribution in [-0.2, 0) is 14.9 Å². The van der Waals surface area contributed by atoms with Crippen LogP contribution in [0.25, 0.3) is 0 Å². The van der Waals surface area contributed by atoms with Crippen LogP contribution in [-0.4, -0.2) is 30.0 Å². The van der Waals surface area contributed by atoms with Gasteiger partial charge in [-0.15, -0.1) is 0 Å². The van der Waals surface area contributed by atoms with Crippen molar-refractivity contribution in [2.45, 2.75) is 30.8 Å². The number of hydrogen-bond acceptors (Lipinski definition) is 5. The summed E-state index contributed by atoms with van der Waals surface area (Å²) < 4.78 is 29.5. The summed E-state index contributed by atoms with van der Waals surface area (Å²) in [7, 11) is 0. The Labute approximate surface area is 127 Å². The number of benzene rings is 1. The summed E-state index contributed by atoms with van der Waals surface area (Å²) >= 11 is 0. The van der Waals surface area contributed by atoms with Crippen molar-refractivity contribution in [1.29, 1.82) is 0 Å². The molecule has 0 N–H and O–H groups in total. The minimum Gasteiger partial charge on any atom is -0.376 e. The first-order chi connectivity index (χ1) is 10.8. The van der Waals surface area contributed by atoms with E-state index in [1.165, 1.54) is 12.1 Å². The largest absolute Gasteiger partial charge is 0.376 e. The van der Waals surface area contributed by atoms with Crippen molar-refractivity contribution in [2.24, 2.45) is 0 Å². The minimum absolute atomic E-state index is 0.236. The molecule has 22 heavy (non-hydrogen) atoms. The van der Waals surface area contributed by atoms with E-state index in [2.05, 4.69) is 10.1 Å². The summed E-state index contributed by atoms with van der Waals surface area (Å²) in [5.41, 5.74) is 0.777. The molecule has 1 aliphatic heterocycles. The Hall–Kier alpha value is -1.79. The maximum absolute atomic E-state index is 13.2. The molecular formula is C16H17FN2O3. The van der Waals surface area contributed by atoms with Crippen LogP contribution in [0.4, 0.5) is 4.39 Å². The van der Waals surface area contributed by atoms with Gasteiger partial charge in [0, 0.05) is 0 Å². The fourth-order valence-corrected chi connectivity index (χ4v) is 3.13. The monoisotopic (exact) mass is 304 g/mol. The molecule has 1 unspecified atom stereocenters. The van der Waals surface area contributed by atoms with Crippen molar-refractivity contribution in [3.63, 3.8) is 0 Å². The van der Waals surface area contributed by atoms with Gasteiger partial charge in [-0.05, 0) is 30.5 Å². The van der Waals surface area contributed by atoms with Crippen LogP contribution >= 0.6 is 0 Å². The molecule has 2 aliphatic rings. The molecule has 1 saturated heterocycles. The molecule has 1 aromatic heterocycles. The molecule has 2 heterocycles. The third-order valence-electron chi connectivity index (χ3n) is 4.57. The topological polar surface area (TPSA) is 57.4 Å². The van der Waals surface area contributed by atoms with Crippen LogP contribution < -0.4 is 0 Å². The number of nitrogens with zero attached hydrogens (tertiary/aromatic N) is 2. The lowest BCUT2D eigenvalue weighted by atomic mass is 9.64. The molecule has 0 spiro atoms. The van der Waals surface area contributed by atoms with E-state index in [0.717, 1.165) is 24.8 Å². The molecule has 1 saturated carbocycles. The zero-order valence-electron chi connectivity index (χ0n) is 12.1. The SMILES string of the molecule is Fc1ccc(C2(c3noc(C4COCCO4)n3)CCC2)cc1. The first-order valence-corrected chi connectivity index (χ1v) is 7.57. The van der Waals surface area contributed by atoms with Gasteiger partial charge in [0.1, 0.15) is 5.82 Å². The van der Waals surface area contributed by atoms with Crippen molar-refractivity contribution >= 4 is 0 Å². The van der Waals surface area contributed by atoms with Gasteiger partial charge in [-0.2, -0.15) is 4.98 Å². The Bertz CT molecular complexity index is 646. The quantitative estimate of drug-likeness (QED) is 0.872. The van der Waals surface area contributed by atoms with E-state index in [4.69, 9.17) is 14.0 Å². The zero-order valence-corrected chi connectivity index (χ0v) is 12.1. The van der Waals surface area contributed by atoms with Gasteiger partial charge in [-0.3, -0.25) is 0 Å². The van der Waals surface area contributed by atoms with Gasteiger partial charge in [-0.1, -0.05) is 23.7 Å². The van der Waals surface area contributed by atoms with Gasteiger partial charge >= 0.3 is 0 Å². The van der Waals surface area contributed by atoms with Crippen molar-refractivity contribution in [3.8, 4) is 0 Å². The summed E-state index contributed by atoms with van der Waals surface area (Å²) in [5.74, 6) is 0.886. The van der Waals surface area contributed by atoms with Crippen molar-refractivity contribution in [1.82, 2.24) is 10.1 Å². The van der Waals surface area contributed by atoms with Gasteiger partial charge < -0.3 is 14.0 Å². The Morgan fingerprint density at radius 3 is 2.59 bits per heavy atom. The molecule has 0 bridgehead atoms. The van der Waals surface area contributed by atoms with Crippen LogP contribution in [0.1, 0.15) is 42.6 Å². The van der Waals surface area contributed by atoms with E-state index in [-0.39, 0.29) is 17.3 Å². The molecule has 1 aromatic carbocycles. The molecule has 4 rings (SSSR count). The van der Waals surface area contributed by atoms with E-state index in [9.17, 15) is 4.39 Å². The third kappa shape index (κ3) is 2.23. The van der Waals surface area contributed by atoms with E-state index in [0.29, 0.717) is 31.5 Å². The fourth-order valence-electron chi connectivity index (χ4n) is 3.13. The number of halogens is 1. The third-order valence-corrected chi connectivity index (χ3v) is 4.57. The molecule has 5 nitrogen and oxygen atoms in total. The summed E-state index contributed by atoms with van der Waals surface area (Å²) in [5, 5.41) is 4.17. The summed E-state index contributed by atoms with van der Waals surface area (Å²) in [4.78, 5) is 4.55. The van der Waals surface area contributed by atoms with E-state index in [1.807, 2.05) is 12.1 Å². The van der Waals surface area contributed by atoms with E-state index >= 15 is 0 Å². The average Bonchev–Trinajstić information content (AvgIpc) is 2.99. The lowest BCUT2D eigenvalue weighted by Crippen LogP contribution is -2.36. The van der Waals surface area contributed by atoms with Crippen LogP contribution in [0.15, 0.2) is 28.8 Å². The maximum atomic E-state index is 13.2. The fraction of sp³-hybridized carbons (Fsp3) is 0.500. The van der Waals surface area contributed by atoms with Crippen molar-refractivity contribution in [2.75, 3.05) is 19.8 Å². The first kappa shape index (κ1) is 13.8. The van der Waals surface area contributed by atoms with E-state index < -0.39 is 0 Å². The molecule has 0 amide bonds. The predicted molar refractivity (Wildman–Crippen MR) is 74.8 cm³/mol. The van der Waals surface area contributed by atoms with Gasteiger partial charge in [0.25, 0.3) is 5.89 Å². The molecule has 2 aromatic rings.